The summed E-state index contributed by atoms with van der Waals surface area (Å²) in [5, 5.41) is 9.31. The van der Waals surface area contributed by atoms with Gasteiger partial charge in [0.15, 0.2) is 12.7 Å². The number of hydrogen-bond donors (Lipinski definition) is 1. The maximum absolute atomic E-state index is 13.4. The van der Waals surface area contributed by atoms with Crippen LogP contribution < -0.4 is 18.9 Å². The van der Waals surface area contributed by atoms with Gasteiger partial charge in [-0.05, 0) is 66.9 Å². The molecule has 0 aromatic heterocycles. The van der Waals surface area contributed by atoms with Crippen LogP contribution in [-0.2, 0) is 33.8 Å². The highest BCUT2D eigenvalue weighted by atomic mass is 16.5. The molecule has 3 aromatic rings. The molecule has 0 saturated heterocycles. The fourth-order valence-corrected chi connectivity index (χ4v) is 4.08. The topological polar surface area (TPSA) is 104 Å². The van der Waals surface area contributed by atoms with Crippen LogP contribution in [0, 0.1) is 0 Å². The van der Waals surface area contributed by atoms with Crippen molar-refractivity contribution in [1.82, 2.24) is 4.90 Å². The third-order valence-corrected chi connectivity index (χ3v) is 6.10. The summed E-state index contributed by atoms with van der Waals surface area (Å²) in [6.07, 6.45) is -0.674. The van der Waals surface area contributed by atoms with E-state index in [1.54, 1.807) is 56.4 Å². The molecular weight excluding hydrogens is 514 g/mol. The number of carbonyl (C=O) groups is 2. The molecule has 1 amide bonds. The quantitative estimate of drug-likeness (QED) is 0.272. The van der Waals surface area contributed by atoms with Crippen LogP contribution >= 0.6 is 0 Å². The van der Waals surface area contributed by atoms with E-state index < -0.39 is 12.1 Å². The first-order valence-electron chi connectivity index (χ1n) is 13.1. The van der Waals surface area contributed by atoms with E-state index in [0.717, 1.165) is 22.4 Å². The Morgan fingerprint density at radius 1 is 0.725 bits per heavy atom. The van der Waals surface area contributed by atoms with Crippen LogP contribution in [0.5, 0.6) is 23.0 Å². The normalized spacial score (nSPS) is 11.4. The summed E-state index contributed by atoms with van der Waals surface area (Å²) in [4.78, 5) is 26.5. The van der Waals surface area contributed by atoms with Gasteiger partial charge in [0.1, 0.15) is 23.0 Å². The third kappa shape index (κ3) is 9.20. The van der Waals surface area contributed by atoms with Crippen molar-refractivity contribution in [3.63, 3.8) is 0 Å². The molecule has 9 nitrogen and oxygen atoms in total. The number of benzene rings is 3. The van der Waals surface area contributed by atoms with Crippen molar-refractivity contribution >= 4 is 11.9 Å². The van der Waals surface area contributed by atoms with Gasteiger partial charge in [-0.1, -0.05) is 24.3 Å². The van der Waals surface area contributed by atoms with Gasteiger partial charge in [-0.2, -0.15) is 0 Å². The molecule has 0 aliphatic heterocycles. The molecule has 40 heavy (non-hydrogen) atoms. The molecule has 0 unspecified atom stereocenters. The molecule has 9 heteroatoms. The van der Waals surface area contributed by atoms with Crippen LogP contribution in [0.25, 0.3) is 0 Å². The van der Waals surface area contributed by atoms with Crippen LogP contribution in [0.4, 0.5) is 0 Å². The summed E-state index contributed by atoms with van der Waals surface area (Å²) in [5.41, 5.74) is 2.59. The molecule has 0 saturated carbocycles. The smallest absolute Gasteiger partial charge is 0.333 e. The van der Waals surface area contributed by atoms with E-state index in [-0.39, 0.29) is 18.9 Å². The summed E-state index contributed by atoms with van der Waals surface area (Å²) in [7, 11) is 3.17. The minimum atomic E-state index is -1.01. The maximum atomic E-state index is 13.4. The predicted molar refractivity (Wildman–Crippen MR) is 150 cm³/mol. The van der Waals surface area contributed by atoms with Gasteiger partial charge in [0.05, 0.1) is 20.8 Å². The molecule has 0 bridgehead atoms. The maximum Gasteiger partial charge on any atom is 0.333 e. The van der Waals surface area contributed by atoms with Gasteiger partial charge in [0, 0.05) is 32.2 Å². The van der Waals surface area contributed by atoms with Crippen molar-refractivity contribution in [2.45, 2.75) is 39.5 Å². The largest absolute Gasteiger partial charge is 0.497 e. The monoisotopic (exact) mass is 551 g/mol. The van der Waals surface area contributed by atoms with Crippen molar-refractivity contribution in [3.8, 4) is 23.0 Å². The predicted octanol–water partition coefficient (Wildman–Crippen LogP) is 4.74. The number of methoxy groups -OCH3 is 2. The van der Waals surface area contributed by atoms with Crippen LogP contribution in [0.1, 0.15) is 30.5 Å². The van der Waals surface area contributed by atoms with E-state index in [4.69, 9.17) is 23.7 Å². The van der Waals surface area contributed by atoms with E-state index >= 15 is 0 Å². The Kier molecular flexibility index (Phi) is 11.6. The summed E-state index contributed by atoms with van der Waals surface area (Å²) < 4.78 is 27.4. The second kappa shape index (κ2) is 15.4. The minimum Gasteiger partial charge on any atom is -0.497 e. The number of carboxylic acids is 1. The Hall–Kier alpha value is -4.24. The van der Waals surface area contributed by atoms with Gasteiger partial charge in [-0.15, -0.1) is 0 Å². The number of amides is 1. The molecule has 1 atom stereocenters. The lowest BCUT2D eigenvalue weighted by Crippen LogP contribution is -2.34. The first kappa shape index (κ1) is 30.3. The molecule has 3 rings (SSSR count). The van der Waals surface area contributed by atoms with Crippen molar-refractivity contribution < 1.29 is 38.4 Å². The Morgan fingerprint density at radius 2 is 1.27 bits per heavy atom. The number of aliphatic carboxylic acids is 1. The summed E-state index contributed by atoms with van der Waals surface area (Å²) >= 11 is 0. The van der Waals surface area contributed by atoms with E-state index in [1.165, 1.54) is 0 Å². The first-order chi connectivity index (χ1) is 19.3. The number of ether oxygens (including phenoxy) is 5. The van der Waals surface area contributed by atoms with Gasteiger partial charge < -0.3 is 33.7 Å². The molecule has 0 radical (unpaired) electrons. The van der Waals surface area contributed by atoms with Crippen LogP contribution in [0.2, 0.25) is 0 Å². The highest BCUT2D eigenvalue weighted by Crippen LogP contribution is 2.24. The van der Waals surface area contributed by atoms with Gasteiger partial charge in [0.2, 0.25) is 0 Å². The van der Waals surface area contributed by atoms with Crippen molar-refractivity contribution in [1.29, 1.82) is 0 Å². The summed E-state index contributed by atoms with van der Waals surface area (Å²) in [6, 6.07) is 20.1. The number of hydrogen-bond acceptors (Lipinski definition) is 7. The van der Waals surface area contributed by atoms with Gasteiger partial charge in [0.25, 0.3) is 5.91 Å². The SMILES string of the molecule is CCOc1ccc(CN(Cc2cc(OC)cc(OC)c2)C(=O)COc2ccc(C[C@H](OCC)C(=O)O)cc2)cc1. The first-order valence-corrected chi connectivity index (χ1v) is 13.1. The molecule has 0 spiro atoms. The second-order valence-electron chi connectivity index (χ2n) is 8.97. The number of carbonyl (C=O) groups excluding carboxylic acids is 1. The Labute approximate surface area is 235 Å². The fourth-order valence-electron chi connectivity index (χ4n) is 4.08. The molecule has 0 aliphatic rings. The third-order valence-electron chi connectivity index (χ3n) is 6.10. The fraction of sp³-hybridized carbons (Fsp3) is 0.355. The lowest BCUT2D eigenvalue weighted by atomic mass is 10.1. The molecule has 0 aliphatic carbocycles. The number of rotatable bonds is 16. The molecule has 0 fully saturated rings. The van der Waals surface area contributed by atoms with Crippen molar-refractivity contribution in [2.24, 2.45) is 0 Å². The standard InChI is InChI=1S/C31H37NO8/c1-5-38-25-13-9-23(10-14-25)19-32(20-24-15-27(36-3)18-28(16-24)37-4)30(33)21-40-26-11-7-22(8-12-26)17-29(31(34)35)39-6-2/h7-16,18,29H,5-6,17,19-21H2,1-4H3,(H,34,35)/t29-/m0/s1. The Bertz CT molecular complexity index is 1200. The minimum absolute atomic E-state index is 0.172. The Morgan fingerprint density at radius 3 is 1.80 bits per heavy atom. The average Bonchev–Trinajstić information content (AvgIpc) is 2.96. The average molecular weight is 552 g/mol. The van der Waals surface area contributed by atoms with Crippen LogP contribution in [0.3, 0.4) is 0 Å². The van der Waals surface area contributed by atoms with Crippen molar-refractivity contribution in [2.75, 3.05) is 34.0 Å². The zero-order chi connectivity index (χ0) is 28.9. The molecular formula is C31H37NO8. The highest BCUT2D eigenvalue weighted by molar-refractivity contribution is 5.78. The van der Waals surface area contributed by atoms with E-state index in [9.17, 15) is 14.7 Å². The molecule has 1 N–H and O–H groups in total. The van der Waals surface area contributed by atoms with Gasteiger partial charge >= 0.3 is 5.97 Å². The molecule has 3 aromatic carbocycles. The molecule has 0 heterocycles. The van der Waals surface area contributed by atoms with Gasteiger partial charge in [-0.25, -0.2) is 4.79 Å². The number of nitrogens with zero attached hydrogens (tertiary/aromatic N) is 1. The second-order valence-corrected chi connectivity index (χ2v) is 8.97. The molecule has 214 valence electrons. The van der Waals surface area contributed by atoms with E-state index in [2.05, 4.69) is 0 Å². The zero-order valence-corrected chi connectivity index (χ0v) is 23.4. The van der Waals surface area contributed by atoms with E-state index in [1.807, 2.05) is 43.3 Å². The summed E-state index contributed by atoms with van der Waals surface area (Å²) in [6.45, 7) is 5.08. The summed E-state index contributed by atoms with van der Waals surface area (Å²) in [5.74, 6) is 1.33. The van der Waals surface area contributed by atoms with Crippen LogP contribution in [0.15, 0.2) is 66.7 Å². The zero-order valence-electron chi connectivity index (χ0n) is 23.4. The van der Waals surface area contributed by atoms with E-state index in [0.29, 0.717) is 43.6 Å². The van der Waals surface area contributed by atoms with Crippen molar-refractivity contribution in [3.05, 3.63) is 83.4 Å². The van der Waals surface area contributed by atoms with Crippen LogP contribution in [-0.4, -0.2) is 62.0 Å². The number of carboxylic acid groups (broad SMARTS) is 1. The highest BCUT2D eigenvalue weighted by Gasteiger charge is 2.19. The van der Waals surface area contributed by atoms with Gasteiger partial charge in [-0.3, -0.25) is 4.79 Å². The Balaban J connectivity index is 1.72. The lowest BCUT2D eigenvalue weighted by Gasteiger charge is -2.24. The lowest BCUT2D eigenvalue weighted by molar-refractivity contribution is -0.150.